The number of aromatic nitrogens is 3. The lowest BCUT2D eigenvalue weighted by Gasteiger charge is -2.16. The fraction of sp³-hybridized carbons (Fsp3) is 0.727. The molecule has 0 aliphatic heterocycles. The Morgan fingerprint density at radius 3 is 2.29 bits per heavy atom. The van der Waals surface area contributed by atoms with Crippen molar-refractivity contribution in [3.63, 3.8) is 0 Å². The summed E-state index contributed by atoms with van der Waals surface area (Å²) in [6.07, 6.45) is -4.10. The number of nitrogens with zero attached hydrogens (tertiary/aromatic N) is 3. The molecular formula is C11H16F4N4O2. The zero-order chi connectivity index (χ0) is 16.0. The molecule has 1 rings (SSSR count). The summed E-state index contributed by atoms with van der Waals surface area (Å²) in [5, 5.41) is 2.72. The molecule has 0 radical (unpaired) electrons. The number of hydrogen-bond acceptors (Lipinski definition) is 6. The molecule has 0 saturated carbocycles. The summed E-state index contributed by atoms with van der Waals surface area (Å²) in [6.45, 7) is 4.10. The van der Waals surface area contributed by atoms with Gasteiger partial charge in [0.2, 0.25) is 5.95 Å². The van der Waals surface area contributed by atoms with Crippen LogP contribution in [0, 0.1) is 0 Å². The van der Waals surface area contributed by atoms with Crippen LogP contribution in [-0.2, 0) is 0 Å². The summed E-state index contributed by atoms with van der Waals surface area (Å²) in [6, 6.07) is -0.664. The summed E-state index contributed by atoms with van der Waals surface area (Å²) >= 11 is 0. The summed E-state index contributed by atoms with van der Waals surface area (Å²) in [4.78, 5) is 11.2. The van der Waals surface area contributed by atoms with Gasteiger partial charge in [-0.05, 0) is 20.8 Å². The van der Waals surface area contributed by atoms with Crippen molar-refractivity contribution in [1.29, 1.82) is 0 Å². The fourth-order valence-electron chi connectivity index (χ4n) is 1.13. The van der Waals surface area contributed by atoms with Gasteiger partial charge < -0.3 is 14.8 Å². The molecule has 6 nitrogen and oxygen atoms in total. The monoisotopic (exact) mass is 312 g/mol. The Bertz CT molecular complexity index is 460. The fourth-order valence-corrected chi connectivity index (χ4v) is 1.13. The lowest BCUT2D eigenvalue weighted by atomic mass is 10.4. The van der Waals surface area contributed by atoms with Crippen LogP contribution in [0.2, 0.25) is 0 Å². The van der Waals surface area contributed by atoms with E-state index in [-0.39, 0.29) is 18.1 Å². The van der Waals surface area contributed by atoms with Gasteiger partial charge in [-0.25, -0.2) is 8.78 Å². The Balaban J connectivity index is 2.87. The van der Waals surface area contributed by atoms with Gasteiger partial charge in [0, 0.05) is 6.54 Å². The molecule has 0 fully saturated rings. The van der Waals surface area contributed by atoms with Crippen LogP contribution >= 0.6 is 0 Å². The molecule has 120 valence electrons. The predicted octanol–water partition coefficient (Wildman–Crippen LogP) is 2.37. The Labute approximate surface area is 118 Å². The molecule has 21 heavy (non-hydrogen) atoms. The molecule has 1 aromatic rings. The average molecular weight is 312 g/mol. The Kier molecular flexibility index (Phi) is 5.91. The molecule has 0 atom stereocenters. The van der Waals surface area contributed by atoms with Gasteiger partial charge in [-0.3, -0.25) is 0 Å². The van der Waals surface area contributed by atoms with Crippen molar-refractivity contribution < 1.29 is 27.0 Å². The second-order valence-electron chi connectivity index (χ2n) is 4.27. The molecule has 10 heteroatoms. The second-order valence-corrected chi connectivity index (χ2v) is 4.27. The average Bonchev–Trinajstić information content (AvgIpc) is 2.35. The van der Waals surface area contributed by atoms with Gasteiger partial charge in [-0.2, -0.15) is 18.7 Å². The highest BCUT2D eigenvalue weighted by molar-refractivity contribution is 5.27. The van der Waals surface area contributed by atoms with Crippen LogP contribution in [0.25, 0.3) is 0 Å². The molecule has 0 bridgehead atoms. The van der Waals surface area contributed by atoms with E-state index in [0.29, 0.717) is 6.54 Å². The second kappa shape index (κ2) is 7.23. The van der Waals surface area contributed by atoms with Gasteiger partial charge in [0.15, 0.2) is 6.61 Å². The summed E-state index contributed by atoms with van der Waals surface area (Å²) in [5.74, 6) is -4.25. The molecule has 0 aliphatic carbocycles. The number of halogens is 4. The maximum Gasteiger partial charge on any atom is 0.340 e. The molecular weight excluding hydrogens is 296 g/mol. The molecule has 0 spiro atoms. The maximum absolute atomic E-state index is 12.8. The third-order valence-corrected chi connectivity index (χ3v) is 1.98. The van der Waals surface area contributed by atoms with Crippen molar-refractivity contribution in [2.75, 3.05) is 18.5 Å². The number of alkyl halides is 4. The van der Waals surface area contributed by atoms with E-state index in [1.165, 1.54) is 0 Å². The Hall–Kier alpha value is -1.87. The van der Waals surface area contributed by atoms with Crippen LogP contribution in [0.15, 0.2) is 0 Å². The molecule has 0 aliphatic rings. The van der Waals surface area contributed by atoms with Crippen LogP contribution in [0.5, 0.6) is 12.0 Å². The lowest BCUT2D eigenvalue weighted by Crippen LogP contribution is -2.34. The van der Waals surface area contributed by atoms with E-state index in [1.54, 1.807) is 20.8 Å². The van der Waals surface area contributed by atoms with E-state index in [1.807, 2.05) is 0 Å². The number of nitrogens with one attached hydrogen (secondary N) is 1. The largest absolute Gasteiger partial charge is 0.461 e. The highest BCUT2D eigenvalue weighted by atomic mass is 19.3. The number of ether oxygens (including phenoxy) is 2. The van der Waals surface area contributed by atoms with Crippen LogP contribution in [0.4, 0.5) is 23.5 Å². The van der Waals surface area contributed by atoms with Crippen molar-refractivity contribution in [2.45, 2.75) is 39.2 Å². The van der Waals surface area contributed by atoms with Crippen LogP contribution < -0.4 is 14.8 Å². The van der Waals surface area contributed by atoms with Crippen LogP contribution in [0.1, 0.15) is 20.8 Å². The van der Waals surface area contributed by atoms with E-state index in [2.05, 4.69) is 25.0 Å². The van der Waals surface area contributed by atoms with E-state index < -0.39 is 25.0 Å². The predicted molar refractivity (Wildman–Crippen MR) is 66.2 cm³/mol. The highest BCUT2D eigenvalue weighted by Crippen LogP contribution is 2.24. The molecule has 0 saturated heterocycles. The minimum atomic E-state index is -4.29. The van der Waals surface area contributed by atoms with Crippen LogP contribution in [-0.4, -0.2) is 46.6 Å². The maximum atomic E-state index is 12.8. The first-order valence-electron chi connectivity index (χ1n) is 6.20. The van der Waals surface area contributed by atoms with Crippen molar-refractivity contribution in [2.24, 2.45) is 0 Å². The Morgan fingerprint density at radius 1 is 1.14 bits per heavy atom. The number of rotatable bonds is 8. The van der Waals surface area contributed by atoms with Gasteiger partial charge in [0.1, 0.15) is 0 Å². The topological polar surface area (TPSA) is 69.2 Å². The summed E-state index contributed by atoms with van der Waals surface area (Å²) in [5.41, 5.74) is 0. The van der Waals surface area contributed by atoms with E-state index in [4.69, 9.17) is 4.74 Å². The first-order valence-corrected chi connectivity index (χ1v) is 6.20. The van der Waals surface area contributed by atoms with Gasteiger partial charge in [-0.1, -0.05) is 0 Å². The first-order chi connectivity index (χ1) is 9.74. The van der Waals surface area contributed by atoms with Gasteiger partial charge in [0.25, 0.3) is 0 Å². The summed E-state index contributed by atoms with van der Waals surface area (Å²) < 4.78 is 59.4. The zero-order valence-corrected chi connectivity index (χ0v) is 11.7. The minimum absolute atomic E-state index is 0.0403. The first kappa shape index (κ1) is 17.2. The smallest absolute Gasteiger partial charge is 0.340 e. The third-order valence-electron chi connectivity index (χ3n) is 1.98. The SMILES string of the molecule is CCNc1nc(OCC(F)(F)C(F)F)nc(OC(C)C)n1. The molecule has 1 aromatic heterocycles. The van der Waals surface area contributed by atoms with Gasteiger partial charge in [-0.15, -0.1) is 4.98 Å². The molecule has 1 heterocycles. The quantitative estimate of drug-likeness (QED) is 0.743. The molecule has 0 aromatic carbocycles. The minimum Gasteiger partial charge on any atom is -0.461 e. The molecule has 0 unspecified atom stereocenters. The zero-order valence-electron chi connectivity index (χ0n) is 11.7. The standard InChI is InChI=1S/C11H16F4N4O2/c1-4-16-8-17-9(19-10(18-8)21-6(2)3)20-5-11(14,15)7(12)13/h6-7H,4-5H2,1-3H3,(H,16,17,18,19). The van der Waals surface area contributed by atoms with Crippen molar-refractivity contribution >= 4 is 5.95 Å². The third kappa shape index (κ3) is 5.56. The Morgan fingerprint density at radius 2 is 1.76 bits per heavy atom. The van der Waals surface area contributed by atoms with Gasteiger partial charge in [0.05, 0.1) is 6.10 Å². The van der Waals surface area contributed by atoms with E-state index >= 15 is 0 Å². The van der Waals surface area contributed by atoms with Crippen LogP contribution in [0.3, 0.4) is 0 Å². The molecule has 0 amide bonds. The van der Waals surface area contributed by atoms with E-state index in [0.717, 1.165) is 0 Å². The summed E-state index contributed by atoms with van der Waals surface area (Å²) in [7, 11) is 0. The lowest BCUT2D eigenvalue weighted by molar-refractivity contribution is -0.149. The normalized spacial score (nSPS) is 11.9. The van der Waals surface area contributed by atoms with Crippen molar-refractivity contribution in [3.05, 3.63) is 0 Å². The van der Waals surface area contributed by atoms with Crippen molar-refractivity contribution in [3.8, 4) is 12.0 Å². The van der Waals surface area contributed by atoms with Crippen molar-refractivity contribution in [1.82, 2.24) is 15.0 Å². The highest BCUT2D eigenvalue weighted by Gasteiger charge is 2.42. The number of hydrogen-bond donors (Lipinski definition) is 1. The molecule has 1 N–H and O–H groups in total. The van der Waals surface area contributed by atoms with E-state index in [9.17, 15) is 17.6 Å². The van der Waals surface area contributed by atoms with Gasteiger partial charge >= 0.3 is 24.4 Å². The number of anilines is 1.